The summed E-state index contributed by atoms with van der Waals surface area (Å²) in [6, 6.07) is 0. The summed E-state index contributed by atoms with van der Waals surface area (Å²) in [7, 11) is 3.25. The lowest BCUT2D eigenvalue weighted by atomic mass is 10.5. The molecule has 10 heavy (non-hydrogen) atoms. The highest BCUT2D eigenvalue weighted by Gasteiger charge is 2.12. The Kier molecular flexibility index (Phi) is 14.8. The molecule has 0 N–H and O–H groups in total. The molecule has 1 heteroatoms. The van der Waals surface area contributed by atoms with Gasteiger partial charge in [-0.25, -0.2) is 0 Å². The molecule has 0 atom stereocenters. The van der Waals surface area contributed by atoms with Gasteiger partial charge in [0.1, 0.15) is 0 Å². The fourth-order valence-electron chi connectivity index (χ4n) is 0.167. The Morgan fingerprint density at radius 2 is 1.30 bits per heavy atom. The predicted molar refractivity (Wildman–Crippen MR) is 47.3 cm³/mol. The molecule has 0 aliphatic heterocycles. The zero-order chi connectivity index (χ0) is 8.41. The lowest BCUT2D eigenvalue weighted by Crippen LogP contribution is -1.55. The van der Waals surface area contributed by atoms with Gasteiger partial charge < -0.3 is 4.74 Å². The molecule has 0 radical (unpaired) electrons. The van der Waals surface area contributed by atoms with Crippen LogP contribution in [0.3, 0.4) is 0 Å². The van der Waals surface area contributed by atoms with E-state index in [2.05, 4.69) is 25.5 Å². The molecule has 0 aromatic rings. The minimum atomic E-state index is 1.08. The number of methoxy groups -OCH3 is 1. The molecule has 1 aliphatic carbocycles. The van der Waals surface area contributed by atoms with E-state index < -0.39 is 0 Å². The molecule has 0 aromatic heterocycles. The molecule has 0 bridgehead atoms. The molecule has 64 valence electrons. The fourth-order valence-corrected chi connectivity index (χ4v) is 0.167. The smallest absolute Gasteiger partial charge is 0.0351 e. The van der Waals surface area contributed by atoms with Crippen molar-refractivity contribution < 1.29 is 4.74 Å². The largest absolute Gasteiger partial charge is 0.388 e. The summed E-state index contributed by atoms with van der Waals surface area (Å²) in [6.07, 6.45) is 4.22. The van der Waals surface area contributed by atoms with E-state index in [1.165, 1.54) is 19.3 Å². The summed E-state index contributed by atoms with van der Waals surface area (Å²) in [5.74, 6) is 1.08. The fraction of sp³-hybridized carbons (Fsp3) is 1.00. The Balaban J connectivity index is 0. The Morgan fingerprint density at radius 3 is 1.30 bits per heavy atom. The normalized spacial score (nSPS) is 14.1. The third-order valence-corrected chi connectivity index (χ3v) is 0.866. The average Bonchev–Trinajstić information content (AvgIpc) is 2.55. The van der Waals surface area contributed by atoms with Crippen molar-refractivity contribution in [3.63, 3.8) is 0 Å². The van der Waals surface area contributed by atoms with Crippen LogP contribution >= 0.6 is 0 Å². The van der Waals surface area contributed by atoms with E-state index in [1.807, 2.05) is 0 Å². The van der Waals surface area contributed by atoms with Crippen LogP contribution in [-0.4, -0.2) is 14.2 Å². The van der Waals surface area contributed by atoms with Gasteiger partial charge in [0, 0.05) is 14.2 Å². The van der Waals surface area contributed by atoms with Crippen molar-refractivity contribution in [1.82, 2.24) is 0 Å². The monoisotopic (exact) mass is 146 g/mol. The molecule has 1 fully saturated rings. The van der Waals surface area contributed by atoms with Crippen LogP contribution in [0.4, 0.5) is 0 Å². The zero-order valence-electron chi connectivity index (χ0n) is 8.11. The molecular weight excluding hydrogens is 124 g/mol. The van der Waals surface area contributed by atoms with E-state index in [-0.39, 0.29) is 0 Å². The molecule has 0 saturated heterocycles. The Bertz CT molecular complexity index is 38.0. The molecule has 1 saturated carbocycles. The van der Waals surface area contributed by atoms with E-state index >= 15 is 0 Å². The highest BCUT2D eigenvalue weighted by molar-refractivity contribution is 4.65. The summed E-state index contributed by atoms with van der Waals surface area (Å²) in [6.45, 7) is 6.53. The topological polar surface area (TPSA) is 9.23 Å². The Hall–Kier alpha value is -0.0400. The van der Waals surface area contributed by atoms with Gasteiger partial charge in [0.15, 0.2) is 0 Å². The number of rotatable bonds is 0. The highest BCUT2D eigenvalue weighted by atomic mass is 16.4. The number of ether oxygens (including phenoxy) is 1. The van der Waals surface area contributed by atoms with Gasteiger partial charge in [0.05, 0.1) is 0 Å². The van der Waals surface area contributed by atoms with E-state index in [0.717, 1.165) is 5.92 Å². The summed E-state index contributed by atoms with van der Waals surface area (Å²) >= 11 is 0. The number of hydrogen-bond acceptors (Lipinski definition) is 1. The molecule has 0 unspecified atom stereocenters. The lowest BCUT2D eigenvalue weighted by Gasteiger charge is -1.61. The van der Waals surface area contributed by atoms with E-state index in [0.29, 0.717) is 0 Å². The second-order valence-electron chi connectivity index (χ2n) is 2.80. The first-order chi connectivity index (χ1) is 4.72. The Labute approximate surface area is 65.8 Å². The first-order valence-corrected chi connectivity index (χ1v) is 4.12. The van der Waals surface area contributed by atoms with Crippen molar-refractivity contribution >= 4 is 0 Å². The van der Waals surface area contributed by atoms with E-state index in [9.17, 15) is 0 Å². The summed E-state index contributed by atoms with van der Waals surface area (Å²) in [5.41, 5.74) is 0. The quantitative estimate of drug-likeness (QED) is 0.510. The van der Waals surface area contributed by atoms with Gasteiger partial charge in [-0.3, -0.25) is 0 Å². The summed E-state index contributed by atoms with van der Waals surface area (Å²) < 4.78 is 4.25. The molecule has 0 aromatic carbocycles. The van der Waals surface area contributed by atoms with Crippen LogP contribution in [0.2, 0.25) is 0 Å². The molecule has 0 spiro atoms. The van der Waals surface area contributed by atoms with Crippen LogP contribution < -0.4 is 0 Å². The van der Waals surface area contributed by atoms with Gasteiger partial charge >= 0.3 is 0 Å². The zero-order valence-corrected chi connectivity index (χ0v) is 8.11. The first-order valence-electron chi connectivity index (χ1n) is 4.12. The standard InChI is InChI=1S/C4H8.C3H8.C2H6O/c1-4-2-3-4;2*1-3-2/h4H,2-3H2,1H3;3H2,1-2H3;1-2H3. The van der Waals surface area contributed by atoms with Crippen molar-refractivity contribution in [2.24, 2.45) is 5.92 Å². The van der Waals surface area contributed by atoms with Gasteiger partial charge in [0.2, 0.25) is 0 Å². The van der Waals surface area contributed by atoms with E-state index in [1.54, 1.807) is 14.2 Å². The lowest BCUT2D eigenvalue weighted by molar-refractivity contribution is 0.277. The van der Waals surface area contributed by atoms with Gasteiger partial charge in [-0.05, 0) is 5.92 Å². The van der Waals surface area contributed by atoms with Gasteiger partial charge in [0.25, 0.3) is 0 Å². The molecule has 1 rings (SSSR count). The molecule has 0 amide bonds. The van der Waals surface area contributed by atoms with Crippen LogP contribution in [0.25, 0.3) is 0 Å². The SMILES string of the molecule is CC1CC1.CCC.COC. The summed E-state index contributed by atoms with van der Waals surface area (Å²) in [5, 5.41) is 0. The van der Waals surface area contributed by atoms with Crippen LogP contribution in [-0.2, 0) is 4.74 Å². The second kappa shape index (κ2) is 11.7. The van der Waals surface area contributed by atoms with Crippen LogP contribution in [0.1, 0.15) is 40.0 Å². The molecule has 0 heterocycles. The average molecular weight is 146 g/mol. The molecule has 1 nitrogen and oxygen atoms in total. The first kappa shape index (κ1) is 12.6. The Morgan fingerprint density at radius 1 is 1.20 bits per heavy atom. The predicted octanol–water partition coefficient (Wildman–Crippen LogP) is 3.10. The maximum Gasteiger partial charge on any atom is 0.0351 e. The number of hydrogen-bond donors (Lipinski definition) is 0. The van der Waals surface area contributed by atoms with Crippen molar-refractivity contribution in [3.05, 3.63) is 0 Å². The van der Waals surface area contributed by atoms with Crippen LogP contribution in [0.15, 0.2) is 0 Å². The summed E-state index contributed by atoms with van der Waals surface area (Å²) in [4.78, 5) is 0. The highest BCUT2D eigenvalue weighted by Crippen LogP contribution is 2.26. The minimum Gasteiger partial charge on any atom is -0.388 e. The van der Waals surface area contributed by atoms with E-state index in [4.69, 9.17) is 0 Å². The second-order valence-corrected chi connectivity index (χ2v) is 2.80. The third kappa shape index (κ3) is 44.0. The van der Waals surface area contributed by atoms with Crippen LogP contribution in [0, 0.1) is 5.92 Å². The van der Waals surface area contributed by atoms with Crippen molar-refractivity contribution in [3.8, 4) is 0 Å². The third-order valence-electron chi connectivity index (χ3n) is 0.866. The van der Waals surface area contributed by atoms with Gasteiger partial charge in [-0.2, -0.15) is 0 Å². The maximum atomic E-state index is 4.25. The van der Waals surface area contributed by atoms with Gasteiger partial charge in [-0.1, -0.05) is 40.0 Å². The van der Waals surface area contributed by atoms with Crippen LogP contribution in [0.5, 0.6) is 0 Å². The molecule has 1 aliphatic rings. The minimum absolute atomic E-state index is 1.08. The van der Waals surface area contributed by atoms with Crippen molar-refractivity contribution in [2.45, 2.75) is 40.0 Å². The van der Waals surface area contributed by atoms with Crippen molar-refractivity contribution in [1.29, 1.82) is 0 Å². The molecular formula is C9H22O. The maximum absolute atomic E-state index is 4.25. The van der Waals surface area contributed by atoms with Crippen molar-refractivity contribution in [2.75, 3.05) is 14.2 Å². The van der Waals surface area contributed by atoms with Gasteiger partial charge in [-0.15, -0.1) is 0 Å².